The number of para-hydroxylation sites is 1. The van der Waals surface area contributed by atoms with Gasteiger partial charge in [-0.2, -0.15) is 4.99 Å². The van der Waals surface area contributed by atoms with E-state index in [2.05, 4.69) is 9.73 Å². The number of rotatable bonds is 3. The van der Waals surface area contributed by atoms with Gasteiger partial charge in [-0.05, 0) is 30.3 Å². The highest BCUT2D eigenvalue weighted by molar-refractivity contribution is 7.16. The van der Waals surface area contributed by atoms with Gasteiger partial charge < -0.3 is 18.8 Å². The summed E-state index contributed by atoms with van der Waals surface area (Å²) in [7, 11) is 1.24. The molecule has 0 saturated carbocycles. The van der Waals surface area contributed by atoms with E-state index in [0.717, 1.165) is 11.3 Å². The van der Waals surface area contributed by atoms with Gasteiger partial charge in [0, 0.05) is 5.56 Å². The van der Waals surface area contributed by atoms with Crippen LogP contribution in [0.25, 0.3) is 10.2 Å². The van der Waals surface area contributed by atoms with Gasteiger partial charge in [0.2, 0.25) is 0 Å². The molecule has 0 fully saturated rings. The summed E-state index contributed by atoms with van der Waals surface area (Å²) in [5, 5.41) is 0. The number of esters is 1. The number of amides is 1. The van der Waals surface area contributed by atoms with Crippen molar-refractivity contribution in [2.75, 3.05) is 20.3 Å². The summed E-state index contributed by atoms with van der Waals surface area (Å²) in [6, 6.07) is 9.32. The zero-order valence-corrected chi connectivity index (χ0v) is 15.6. The van der Waals surface area contributed by atoms with Crippen molar-refractivity contribution in [3.63, 3.8) is 0 Å². The maximum Gasteiger partial charge on any atom is 0.325 e. The summed E-state index contributed by atoms with van der Waals surface area (Å²) in [5.74, 6) is -0.589. The first-order valence-electron chi connectivity index (χ1n) is 8.40. The molecule has 144 valence electrons. The predicted octanol–water partition coefficient (Wildman–Crippen LogP) is 2.53. The molecule has 0 atom stereocenters. The monoisotopic (exact) mass is 402 g/mol. The number of thiazole rings is 1. The average molecular weight is 402 g/mol. The van der Waals surface area contributed by atoms with E-state index < -0.39 is 17.7 Å². The van der Waals surface area contributed by atoms with Gasteiger partial charge in [0.1, 0.15) is 25.6 Å². The molecule has 1 amide bonds. The number of fused-ring (bicyclic) bond motifs is 2. The molecular weight excluding hydrogens is 387 g/mol. The van der Waals surface area contributed by atoms with Gasteiger partial charge in [-0.3, -0.25) is 9.59 Å². The maximum atomic E-state index is 14.3. The number of benzene rings is 2. The van der Waals surface area contributed by atoms with E-state index in [1.54, 1.807) is 30.3 Å². The van der Waals surface area contributed by atoms with Crippen LogP contribution < -0.4 is 14.3 Å². The summed E-state index contributed by atoms with van der Waals surface area (Å²) in [5.41, 5.74) is 0.499. The van der Waals surface area contributed by atoms with Gasteiger partial charge in [0.05, 0.1) is 17.3 Å². The Hall–Kier alpha value is -3.20. The fraction of sp³-hybridized carbons (Fsp3) is 0.211. The molecule has 2 aromatic carbocycles. The highest BCUT2D eigenvalue weighted by Crippen LogP contribution is 2.31. The molecule has 4 rings (SSSR count). The zero-order chi connectivity index (χ0) is 19.7. The molecule has 0 radical (unpaired) electrons. The molecule has 7 nitrogen and oxygen atoms in total. The molecule has 1 aliphatic heterocycles. The van der Waals surface area contributed by atoms with Gasteiger partial charge >= 0.3 is 5.97 Å². The van der Waals surface area contributed by atoms with Crippen LogP contribution in [0.2, 0.25) is 0 Å². The van der Waals surface area contributed by atoms with E-state index in [-0.39, 0.29) is 16.9 Å². The first-order chi connectivity index (χ1) is 13.6. The quantitative estimate of drug-likeness (QED) is 0.629. The van der Waals surface area contributed by atoms with E-state index >= 15 is 0 Å². The van der Waals surface area contributed by atoms with Gasteiger partial charge in [-0.15, -0.1) is 0 Å². The lowest BCUT2D eigenvalue weighted by Crippen LogP contribution is -2.23. The van der Waals surface area contributed by atoms with Crippen LogP contribution in [0.15, 0.2) is 41.4 Å². The lowest BCUT2D eigenvalue weighted by molar-refractivity contribution is -0.141. The average Bonchev–Trinajstić information content (AvgIpc) is 3.05. The van der Waals surface area contributed by atoms with Gasteiger partial charge in [-0.25, -0.2) is 4.39 Å². The van der Waals surface area contributed by atoms with Crippen molar-refractivity contribution in [1.29, 1.82) is 0 Å². The van der Waals surface area contributed by atoms with Crippen molar-refractivity contribution in [3.8, 4) is 11.5 Å². The first kappa shape index (κ1) is 18.2. The smallest absolute Gasteiger partial charge is 0.325 e. The second-order valence-electron chi connectivity index (χ2n) is 5.91. The Kier molecular flexibility index (Phi) is 4.82. The van der Waals surface area contributed by atoms with E-state index in [1.807, 2.05) is 0 Å². The molecule has 0 spiro atoms. The molecule has 2 heterocycles. The Labute approximate surface area is 162 Å². The Morgan fingerprint density at radius 3 is 2.79 bits per heavy atom. The predicted molar refractivity (Wildman–Crippen MR) is 99.1 cm³/mol. The lowest BCUT2D eigenvalue weighted by atomic mass is 10.2. The van der Waals surface area contributed by atoms with Crippen LogP contribution in [0.5, 0.6) is 11.5 Å². The third-order valence-electron chi connectivity index (χ3n) is 4.15. The number of aromatic nitrogens is 1. The van der Waals surface area contributed by atoms with Gasteiger partial charge in [0.15, 0.2) is 16.3 Å². The van der Waals surface area contributed by atoms with E-state index in [1.165, 1.54) is 17.7 Å². The maximum absolute atomic E-state index is 14.3. The Balaban J connectivity index is 1.80. The number of nitrogens with zero attached hydrogens (tertiary/aromatic N) is 2. The lowest BCUT2D eigenvalue weighted by Gasteiger charge is -2.18. The molecule has 0 N–H and O–H groups in total. The third kappa shape index (κ3) is 3.36. The molecule has 0 saturated heterocycles. The minimum atomic E-state index is -0.573. The molecule has 0 bridgehead atoms. The second-order valence-corrected chi connectivity index (χ2v) is 6.92. The summed E-state index contributed by atoms with van der Waals surface area (Å²) in [6.45, 7) is 0.590. The van der Waals surface area contributed by atoms with Crippen LogP contribution in [0, 0.1) is 5.82 Å². The van der Waals surface area contributed by atoms with Gasteiger partial charge in [0.25, 0.3) is 5.91 Å². The van der Waals surface area contributed by atoms with Crippen LogP contribution >= 0.6 is 11.3 Å². The zero-order valence-electron chi connectivity index (χ0n) is 14.8. The number of carbonyl (C=O) groups is 2. The Morgan fingerprint density at radius 1 is 1.21 bits per heavy atom. The van der Waals surface area contributed by atoms with Crippen molar-refractivity contribution < 1.29 is 28.2 Å². The van der Waals surface area contributed by atoms with Crippen molar-refractivity contribution in [2.24, 2.45) is 4.99 Å². The van der Waals surface area contributed by atoms with E-state index in [9.17, 15) is 14.0 Å². The molecule has 1 aromatic heterocycles. The summed E-state index contributed by atoms with van der Waals surface area (Å²) in [4.78, 5) is 28.8. The molecule has 3 aromatic rings. The topological polar surface area (TPSA) is 79.1 Å². The Morgan fingerprint density at radius 2 is 2.00 bits per heavy atom. The summed E-state index contributed by atoms with van der Waals surface area (Å²) in [6.07, 6.45) is 0. The van der Waals surface area contributed by atoms with Crippen molar-refractivity contribution >= 4 is 33.4 Å². The number of methoxy groups -OCH3 is 1. The summed E-state index contributed by atoms with van der Waals surface area (Å²) >= 11 is 1.11. The highest BCUT2D eigenvalue weighted by atomic mass is 32.1. The van der Waals surface area contributed by atoms with E-state index in [4.69, 9.17) is 9.47 Å². The molecule has 28 heavy (non-hydrogen) atoms. The normalized spacial score (nSPS) is 13.6. The molecule has 9 heteroatoms. The number of hydrogen-bond acceptors (Lipinski definition) is 6. The van der Waals surface area contributed by atoms with Crippen LogP contribution in [0.3, 0.4) is 0 Å². The molecule has 1 aliphatic rings. The summed E-state index contributed by atoms with van der Waals surface area (Å²) < 4.78 is 31.9. The third-order valence-corrected chi connectivity index (χ3v) is 5.20. The number of ether oxygens (including phenoxy) is 3. The van der Waals surface area contributed by atoms with Crippen molar-refractivity contribution in [1.82, 2.24) is 4.57 Å². The molecule has 0 unspecified atom stereocenters. The standard InChI is InChI=1S/C19H15FN2O5S/c1-25-16(23)10-22-17-12(20)3-2-4-15(17)28-19(22)21-18(24)11-5-6-13-14(9-11)27-8-7-26-13/h2-6,9H,7-8,10H2,1H3. The highest BCUT2D eigenvalue weighted by Gasteiger charge is 2.17. The SMILES string of the molecule is COC(=O)Cn1c(=NC(=O)c2ccc3c(c2)OCCO3)sc2cccc(F)c21. The molecule has 0 aliphatic carbocycles. The van der Waals surface area contributed by atoms with Crippen LogP contribution in [-0.2, 0) is 16.1 Å². The van der Waals surface area contributed by atoms with Crippen LogP contribution in [-0.4, -0.2) is 36.8 Å². The largest absolute Gasteiger partial charge is 0.486 e. The van der Waals surface area contributed by atoms with E-state index in [0.29, 0.717) is 35.0 Å². The fourth-order valence-corrected chi connectivity index (χ4v) is 3.88. The van der Waals surface area contributed by atoms with Gasteiger partial charge in [-0.1, -0.05) is 17.4 Å². The first-order valence-corrected chi connectivity index (χ1v) is 9.22. The second kappa shape index (κ2) is 7.43. The minimum absolute atomic E-state index is 0.199. The van der Waals surface area contributed by atoms with Crippen molar-refractivity contribution in [2.45, 2.75) is 6.54 Å². The fourth-order valence-electron chi connectivity index (χ4n) is 2.84. The number of hydrogen-bond donors (Lipinski definition) is 0. The van der Waals surface area contributed by atoms with Crippen LogP contribution in [0.4, 0.5) is 4.39 Å². The minimum Gasteiger partial charge on any atom is -0.486 e. The molecular formula is C19H15FN2O5S. The Bertz CT molecular complexity index is 1150. The van der Waals surface area contributed by atoms with Crippen LogP contribution in [0.1, 0.15) is 10.4 Å². The van der Waals surface area contributed by atoms with Crippen molar-refractivity contribution in [3.05, 3.63) is 52.6 Å². The number of carbonyl (C=O) groups excluding carboxylic acids is 2. The number of halogens is 1.